The molecule has 0 aromatic carbocycles. The van der Waals surface area contributed by atoms with Crippen molar-refractivity contribution in [3.05, 3.63) is 11.4 Å². The van der Waals surface area contributed by atoms with Gasteiger partial charge in [0.1, 0.15) is 0 Å². The van der Waals surface area contributed by atoms with E-state index in [0.29, 0.717) is 8.51 Å². The fourth-order valence-corrected chi connectivity index (χ4v) is 2.16. The summed E-state index contributed by atoms with van der Waals surface area (Å²) in [5.41, 5.74) is 2.43. The summed E-state index contributed by atoms with van der Waals surface area (Å²) < 4.78 is 8.65. The zero-order valence-corrected chi connectivity index (χ0v) is 9.64. The normalized spacial score (nSPS) is 11.2. The molecule has 1 heterocycles. The van der Waals surface area contributed by atoms with E-state index >= 15 is 0 Å². The van der Waals surface area contributed by atoms with Gasteiger partial charge in [-0.05, 0) is 19.8 Å². The van der Waals surface area contributed by atoms with Gasteiger partial charge in [0, 0.05) is 0 Å². The predicted molar refractivity (Wildman–Crippen MR) is 58.7 cm³/mol. The first-order chi connectivity index (χ1) is 6.34. The van der Waals surface area contributed by atoms with Crippen molar-refractivity contribution < 1.29 is 0 Å². The first kappa shape index (κ1) is 10.7. The molecule has 13 heavy (non-hydrogen) atoms. The number of hydrogen-bond donors (Lipinski definition) is 0. The monoisotopic (exact) mass is 198 g/mol. The Balaban J connectivity index is 2.10. The standard InChI is InChI=1S/C10H19N2P/c1-3-4-5-6-7-8-10-9(2)11-13-12-10/h13H,3-8H2,1-2H3. The van der Waals surface area contributed by atoms with Gasteiger partial charge < -0.3 is 0 Å². The Labute approximate surface area is 82.4 Å². The molecule has 0 radical (unpaired) electrons. The Bertz CT molecular complexity index is 233. The molecule has 3 heteroatoms. The molecule has 0 saturated carbocycles. The third-order valence-electron chi connectivity index (χ3n) is 2.34. The molecule has 0 aliphatic rings. The molecule has 2 nitrogen and oxygen atoms in total. The van der Waals surface area contributed by atoms with Gasteiger partial charge in [-0.25, -0.2) is 9.49 Å². The van der Waals surface area contributed by atoms with Gasteiger partial charge in [-0.3, -0.25) is 0 Å². The van der Waals surface area contributed by atoms with E-state index in [1.54, 1.807) is 0 Å². The van der Waals surface area contributed by atoms with E-state index in [1.807, 2.05) is 0 Å². The highest BCUT2D eigenvalue weighted by molar-refractivity contribution is 7.20. The van der Waals surface area contributed by atoms with Crippen LogP contribution in [0.1, 0.15) is 50.4 Å². The minimum atomic E-state index is 0.457. The van der Waals surface area contributed by atoms with E-state index in [1.165, 1.54) is 43.5 Å². The summed E-state index contributed by atoms with van der Waals surface area (Å²) in [6.07, 6.45) is 7.86. The van der Waals surface area contributed by atoms with Crippen molar-refractivity contribution in [2.75, 3.05) is 0 Å². The second-order valence-corrected chi connectivity index (χ2v) is 4.17. The van der Waals surface area contributed by atoms with Gasteiger partial charge in [-0.15, -0.1) is 0 Å². The topological polar surface area (TPSA) is 25.8 Å². The van der Waals surface area contributed by atoms with Gasteiger partial charge in [-0.1, -0.05) is 32.6 Å². The molecule has 0 saturated heterocycles. The summed E-state index contributed by atoms with van der Waals surface area (Å²) in [7, 11) is 0.457. The van der Waals surface area contributed by atoms with Crippen LogP contribution in [-0.2, 0) is 6.42 Å². The van der Waals surface area contributed by atoms with Crippen LogP contribution < -0.4 is 0 Å². The second-order valence-electron chi connectivity index (χ2n) is 3.52. The van der Waals surface area contributed by atoms with Gasteiger partial charge in [0.05, 0.1) is 19.9 Å². The Kier molecular flexibility index (Phi) is 5.07. The Morgan fingerprint density at radius 2 is 1.85 bits per heavy atom. The minimum absolute atomic E-state index is 0.457. The van der Waals surface area contributed by atoms with E-state index in [2.05, 4.69) is 23.3 Å². The molecule has 1 rings (SSSR count). The highest BCUT2D eigenvalue weighted by Gasteiger charge is 2.00. The number of aromatic nitrogens is 2. The maximum absolute atomic E-state index is 4.38. The summed E-state index contributed by atoms with van der Waals surface area (Å²) in [6.45, 7) is 4.32. The Morgan fingerprint density at radius 3 is 2.46 bits per heavy atom. The van der Waals surface area contributed by atoms with Crippen molar-refractivity contribution in [2.24, 2.45) is 0 Å². The summed E-state index contributed by atoms with van der Waals surface area (Å²) >= 11 is 0. The van der Waals surface area contributed by atoms with Crippen LogP contribution in [0.15, 0.2) is 0 Å². The molecule has 0 fully saturated rings. The lowest BCUT2D eigenvalue weighted by molar-refractivity contribution is 0.628. The van der Waals surface area contributed by atoms with Gasteiger partial charge in [0.2, 0.25) is 0 Å². The lowest BCUT2D eigenvalue weighted by Gasteiger charge is -1.98. The van der Waals surface area contributed by atoms with Crippen LogP contribution in [0, 0.1) is 6.92 Å². The van der Waals surface area contributed by atoms with Crippen LogP contribution in [0.2, 0.25) is 0 Å². The van der Waals surface area contributed by atoms with Crippen LogP contribution in [0.4, 0.5) is 0 Å². The molecule has 0 N–H and O–H groups in total. The van der Waals surface area contributed by atoms with Crippen LogP contribution in [0.3, 0.4) is 0 Å². The molecular formula is C10H19N2P. The van der Waals surface area contributed by atoms with Crippen LogP contribution in [-0.4, -0.2) is 9.49 Å². The van der Waals surface area contributed by atoms with E-state index in [0.717, 1.165) is 6.42 Å². The minimum Gasteiger partial charge on any atom is -0.225 e. The number of aryl methyl sites for hydroxylation is 2. The Hall–Kier alpha value is -0.360. The third-order valence-corrected chi connectivity index (χ3v) is 3.14. The van der Waals surface area contributed by atoms with Crippen molar-refractivity contribution in [2.45, 2.75) is 52.4 Å². The van der Waals surface area contributed by atoms with Crippen LogP contribution in [0.5, 0.6) is 0 Å². The quantitative estimate of drug-likeness (QED) is 0.655. The van der Waals surface area contributed by atoms with Gasteiger partial charge in [0.25, 0.3) is 0 Å². The molecular weight excluding hydrogens is 179 g/mol. The maximum Gasteiger partial charge on any atom is 0.0675 e. The summed E-state index contributed by atoms with van der Waals surface area (Å²) in [5.74, 6) is 0. The largest absolute Gasteiger partial charge is 0.225 e. The smallest absolute Gasteiger partial charge is 0.0675 e. The molecule has 1 aromatic heterocycles. The van der Waals surface area contributed by atoms with Gasteiger partial charge in [0.15, 0.2) is 0 Å². The number of rotatable bonds is 6. The summed E-state index contributed by atoms with van der Waals surface area (Å²) in [5, 5.41) is 0. The molecule has 0 bridgehead atoms. The first-order valence-corrected chi connectivity index (χ1v) is 6.10. The SMILES string of the molecule is CCCCCCCc1n[pH]nc1C. The maximum atomic E-state index is 4.38. The van der Waals surface area contributed by atoms with Gasteiger partial charge >= 0.3 is 0 Å². The molecule has 1 aromatic rings. The lowest BCUT2D eigenvalue weighted by Crippen LogP contribution is -1.88. The molecule has 1 atom stereocenters. The fourth-order valence-electron chi connectivity index (χ4n) is 1.44. The molecule has 0 spiro atoms. The third kappa shape index (κ3) is 3.91. The van der Waals surface area contributed by atoms with Crippen molar-refractivity contribution in [1.82, 2.24) is 9.49 Å². The summed E-state index contributed by atoms with van der Waals surface area (Å²) in [4.78, 5) is 0. The fraction of sp³-hybridized carbons (Fsp3) is 0.800. The highest BCUT2D eigenvalue weighted by atomic mass is 31.1. The van der Waals surface area contributed by atoms with Crippen molar-refractivity contribution in [3.8, 4) is 0 Å². The van der Waals surface area contributed by atoms with Crippen LogP contribution in [0.25, 0.3) is 0 Å². The van der Waals surface area contributed by atoms with Crippen molar-refractivity contribution in [1.29, 1.82) is 0 Å². The average molecular weight is 198 g/mol. The van der Waals surface area contributed by atoms with Crippen LogP contribution >= 0.6 is 8.51 Å². The van der Waals surface area contributed by atoms with E-state index < -0.39 is 0 Å². The van der Waals surface area contributed by atoms with Gasteiger partial charge in [-0.2, -0.15) is 0 Å². The number of unbranched alkanes of at least 4 members (excludes halogenated alkanes) is 4. The Morgan fingerprint density at radius 1 is 1.08 bits per heavy atom. The molecule has 0 amide bonds. The molecule has 1 unspecified atom stereocenters. The average Bonchev–Trinajstić information content (AvgIpc) is 2.52. The second kappa shape index (κ2) is 6.15. The first-order valence-electron chi connectivity index (χ1n) is 5.21. The summed E-state index contributed by atoms with van der Waals surface area (Å²) in [6, 6.07) is 0. The predicted octanol–water partition coefficient (Wildman–Crippen LogP) is 3.33. The number of hydrogen-bond acceptors (Lipinski definition) is 2. The molecule has 0 aliphatic heterocycles. The van der Waals surface area contributed by atoms with Crippen molar-refractivity contribution >= 4 is 8.51 Å². The molecule has 74 valence electrons. The molecule has 0 aliphatic carbocycles. The zero-order chi connectivity index (χ0) is 9.52. The zero-order valence-electron chi connectivity index (χ0n) is 8.64. The van der Waals surface area contributed by atoms with Crippen molar-refractivity contribution in [3.63, 3.8) is 0 Å². The number of nitrogens with zero attached hydrogens (tertiary/aromatic N) is 2. The highest BCUT2D eigenvalue weighted by Crippen LogP contribution is 2.12. The van der Waals surface area contributed by atoms with E-state index in [4.69, 9.17) is 0 Å². The lowest BCUT2D eigenvalue weighted by atomic mass is 10.1. The van der Waals surface area contributed by atoms with E-state index in [-0.39, 0.29) is 0 Å². The van der Waals surface area contributed by atoms with E-state index in [9.17, 15) is 0 Å².